The number of unbranched alkanes of at least 4 members (excludes halogenated alkanes) is 1. The predicted octanol–water partition coefficient (Wildman–Crippen LogP) is 6.08. The van der Waals surface area contributed by atoms with Crippen LogP contribution >= 0.6 is 0 Å². The van der Waals surface area contributed by atoms with Crippen molar-refractivity contribution >= 4 is 11.8 Å². The molecule has 0 saturated heterocycles. The molecular formula is C32H56N2O3. The molecule has 37 heavy (non-hydrogen) atoms. The summed E-state index contributed by atoms with van der Waals surface area (Å²) in [6.07, 6.45) is 14.1. The van der Waals surface area contributed by atoms with E-state index in [0.29, 0.717) is 35.6 Å². The molecule has 4 fully saturated rings. The van der Waals surface area contributed by atoms with Crippen molar-refractivity contribution < 1.29 is 14.7 Å². The molecule has 212 valence electrons. The molecule has 11 atom stereocenters. The third-order valence-electron chi connectivity index (χ3n) is 12.5. The van der Waals surface area contributed by atoms with E-state index in [4.69, 9.17) is 5.73 Å². The number of nitrogens with one attached hydrogen (secondary N) is 1. The fraction of sp³-hybridized carbons (Fsp3) is 0.938. The van der Waals surface area contributed by atoms with E-state index in [9.17, 15) is 14.7 Å². The molecule has 0 aliphatic heterocycles. The van der Waals surface area contributed by atoms with Crippen LogP contribution in [0.5, 0.6) is 0 Å². The minimum atomic E-state index is -0.237. The molecule has 0 bridgehead atoms. The van der Waals surface area contributed by atoms with Crippen molar-refractivity contribution in [3.8, 4) is 0 Å². The lowest BCUT2D eigenvalue weighted by molar-refractivity contribution is -0.150. The Bertz CT molecular complexity index is 816. The largest absolute Gasteiger partial charge is 0.393 e. The lowest BCUT2D eigenvalue weighted by Crippen LogP contribution is -2.56. The van der Waals surface area contributed by atoms with Gasteiger partial charge in [-0.15, -0.1) is 0 Å². The molecule has 4 saturated carbocycles. The van der Waals surface area contributed by atoms with E-state index in [1.54, 1.807) is 0 Å². The lowest BCUT2D eigenvalue weighted by atomic mass is 9.42. The molecule has 0 aromatic heterocycles. The van der Waals surface area contributed by atoms with Gasteiger partial charge in [-0.2, -0.15) is 0 Å². The minimum absolute atomic E-state index is 0.0740. The summed E-state index contributed by atoms with van der Waals surface area (Å²) in [6, 6.07) is 0. The molecule has 0 heterocycles. The van der Waals surface area contributed by atoms with Crippen LogP contribution in [-0.4, -0.2) is 29.6 Å². The number of aliphatic hydroxyl groups excluding tert-OH is 1. The van der Waals surface area contributed by atoms with Crippen molar-refractivity contribution in [2.24, 2.45) is 63.9 Å². The van der Waals surface area contributed by atoms with Gasteiger partial charge in [-0.3, -0.25) is 9.59 Å². The van der Waals surface area contributed by atoms with Crippen LogP contribution in [0.4, 0.5) is 0 Å². The number of rotatable bonds is 10. The maximum absolute atomic E-state index is 12.6. The molecule has 0 spiro atoms. The van der Waals surface area contributed by atoms with Gasteiger partial charge < -0.3 is 16.2 Å². The fourth-order valence-electron chi connectivity index (χ4n) is 10.2. The summed E-state index contributed by atoms with van der Waals surface area (Å²) in [7, 11) is 0. The van der Waals surface area contributed by atoms with Crippen LogP contribution in [0.3, 0.4) is 0 Å². The molecule has 4 aliphatic rings. The van der Waals surface area contributed by atoms with Gasteiger partial charge in [-0.25, -0.2) is 0 Å². The monoisotopic (exact) mass is 516 g/mol. The summed E-state index contributed by atoms with van der Waals surface area (Å²) in [6.45, 7) is 12.7. The van der Waals surface area contributed by atoms with Crippen molar-refractivity contribution in [2.45, 2.75) is 124 Å². The Labute approximate surface area is 226 Å². The molecule has 4 N–H and O–H groups in total. The summed E-state index contributed by atoms with van der Waals surface area (Å²) in [5.74, 6) is 5.15. The normalized spacial score (nSPS) is 42.7. The number of hydrogen-bond donors (Lipinski definition) is 3. The Morgan fingerprint density at radius 3 is 2.41 bits per heavy atom. The number of carbonyl (C=O) groups excluding carboxylic acids is 2. The van der Waals surface area contributed by atoms with Crippen molar-refractivity contribution in [2.75, 3.05) is 6.54 Å². The second-order valence-corrected chi connectivity index (χ2v) is 14.5. The van der Waals surface area contributed by atoms with Crippen LogP contribution < -0.4 is 11.1 Å². The molecule has 0 aromatic rings. The average Bonchev–Trinajstić information content (AvgIpc) is 3.20. The Hall–Kier alpha value is -1.10. The standard InChI is InChI=1S/C32H56N2O3/c1-20(9-12-28(36)34-17-7-6-8-21(2)30(33)37)25-10-11-26-29-22(3)18-23-19-24(35)13-15-31(23,4)27(29)14-16-32(25,26)5/h20-27,29,35H,6-19H2,1-5H3,(H2,33,37)(H,34,36)/t20?,21?,22-,23-,24?,25?,26-,27?,29?,31?,32?/m1/s1. The van der Waals surface area contributed by atoms with E-state index in [-0.39, 0.29) is 23.8 Å². The van der Waals surface area contributed by atoms with Gasteiger partial charge in [0, 0.05) is 18.9 Å². The van der Waals surface area contributed by atoms with E-state index < -0.39 is 0 Å². The molecule has 5 heteroatoms. The first-order valence-corrected chi connectivity index (χ1v) is 15.7. The summed E-state index contributed by atoms with van der Waals surface area (Å²) in [4.78, 5) is 23.7. The number of primary amides is 1. The van der Waals surface area contributed by atoms with Crippen molar-refractivity contribution in [3.05, 3.63) is 0 Å². The van der Waals surface area contributed by atoms with Crippen LogP contribution in [0, 0.1) is 58.2 Å². The molecule has 2 amide bonds. The van der Waals surface area contributed by atoms with Crippen LogP contribution in [-0.2, 0) is 9.59 Å². The highest BCUT2D eigenvalue weighted by atomic mass is 16.3. The average molecular weight is 517 g/mol. The third-order valence-corrected chi connectivity index (χ3v) is 12.5. The molecule has 5 nitrogen and oxygen atoms in total. The first-order chi connectivity index (χ1) is 17.5. The van der Waals surface area contributed by atoms with E-state index in [1.807, 2.05) is 6.92 Å². The highest BCUT2D eigenvalue weighted by Crippen LogP contribution is 2.69. The van der Waals surface area contributed by atoms with Gasteiger partial charge in [-0.1, -0.05) is 41.0 Å². The van der Waals surface area contributed by atoms with Crippen molar-refractivity contribution in [1.29, 1.82) is 0 Å². The number of fused-ring (bicyclic) bond motifs is 5. The number of hydrogen-bond acceptors (Lipinski definition) is 3. The predicted molar refractivity (Wildman–Crippen MR) is 149 cm³/mol. The Balaban J connectivity index is 1.28. The number of aliphatic hydroxyl groups is 1. The van der Waals surface area contributed by atoms with Gasteiger partial charge in [0.05, 0.1) is 6.10 Å². The molecule has 0 radical (unpaired) electrons. The zero-order valence-corrected chi connectivity index (χ0v) is 24.4. The minimum Gasteiger partial charge on any atom is -0.393 e. The van der Waals surface area contributed by atoms with Gasteiger partial charge >= 0.3 is 0 Å². The highest BCUT2D eigenvalue weighted by molar-refractivity contribution is 5.76. The second-order valence-electron chi connectivity index (χ2n) is 14.5. The first kappa shape index (κ1) is 28.9. The summed E-state index contributed by atoms with van der Waals surface area (Å²) < 4.78 is 0. The molecule has 8 unspecified atom stereocenters. The summed E-state index contributed by atoms with van der Waals surface area (Å²) >= 11 is 0. The Kier molecular flexibility index (Phi) is 9.03. The highest BCUT2D eigenvalue weighted by Gasteiger charge is 2.62. The van der Waals surface area contributed by atoms with Crippen LogP contribution in [0.1, 0.15) is 118 Å². The number of carbonyl (C=O) groups is 2. The smallest absolute Gasteiger partial charge is 0.220 e. The van der Waals surface area contributed by atoms with E-state index >= 15 is 0 Å². The van der Waals surface area contributed by atoms with Gasteiger partial charge in [0.15, 0.2) is 0 Å². The zero-order chi connectivity index (χ0) is 27.0. The van der Waals surface area contributed by atoms with Gasteiger partial charge in [-0.05, 0) is 123 Å². The van der Waals surface area contributed by atoms with Crippen LogP contribution in [0.2, 0.25) is 0 Å². The van der Waals surface area contributed by atoms with Crippen LogP contribution in [0.15, 0.2) is 0 Å². The van der Waals surface area contributed by atoms with Gasteiger partial charge in [0.1, 0.15) is 0 Å². The topological polar surface area (TPSA) is 92.4 Å². The zero-order valence-electron chi connectivity index (χ0n) is 24.4. The third kappa shape index (κ3) is 5.77. The lowest BCUT2D eigenvalue weighted by Gasteiger charge is -2.63. The molecular weight excluding hydrogens is 460 g/mol. The number of nitrogens with two attached hydrogens (primary N) is 1. The maximum Gasteiger partial charge on any atom is 0.220 e. The Morgan fingerprint density at radius 1 is 0.973 bits per heavy atom. The first-order valence-electron chi connectivity index (χ1n) is 15.7. The van der Waals surface area contributed by atoms with E-state index in [2.05, 4.69) is 33.0 Å². The molecule has 4 rings (SSSR count). The van der Waals surface area contributed by atoms with Gasteiger partial charge in [0.2, 0.25) is 11.8 Å². The SMILES string of the molecule is CC(CCCCNC(=O)CCC(C)C1CC[C@@H]2C3C(CCC12C)C1(C)CCC(O)C[C@H]1C[C@H]3C)C(N)=O. The molecule has 0 aromatic carbocycles. The Morgan fingerprint density at radius 2 is 1.68 bits per heavy atom. The van der Waals surface area contributed by atoms with Crippen molar-refractivity contribution in [3.63, 3.8) is 0 Å². The van der Waals surface area contributed by atoms with E-state index in [1.165, 1.54) is 38.5 Å². The van der Waals surface area contributed by atoms with Gasteiger partial charge in [0.25, 0.3) is 0 Å². The summed E-state index contributed by atoms with van der Waals surface area (Å²) in [5, 5.41) is 13.5. The quantitative estimate of drug-likeness (QED) is 0.307. The second kappa shape index (κ2) is 11.6. The molecule has 4 aliphatic carbocycles. The maximum atomic E-state index is 12.6. The fourth-order valence-corrected chi connectivity index (χ4v) is 10.2. The van der Waals surface area contributed by atoms with E-state index in [0.717, 1.165) is 68.1 Å². The summed E-state index contributed by atoms with van der Waals surface area (Å²) in [5.41, 5.74) is 6.17. The van der Waals surface area contributed by atoms with Crippen LogP contribution in [0.25, 0.3) is 0 Å². The number of amides is 2. The van der Waals surface area contributed by atoms with Crippen molar-refractivity contribution in [1.82, 2.24) is 5.32 Å².